The fourth-order valence-corrected chi connectivity index (χ4v) is 5.23. The Labute approximate surface area is 113 Å². The SMILES string of the molecule is O=C(O)c1ncsc1S(=O)(=O)NC1CCSCC1. The molecule has 1 fully saturated rings. The van der Waals surface area contributed by atoms with Crippen molar-refractivity contribution in [3.63, 3.8) is 0 Å². The quantitative estimate of drug-likeness (QED) is 0.862. The highest BCUT2D eigenvalue weighted by Gasteiger charge is 2.28. The number of carbonyl (C=O) groups is 1. The summed E-state index contributed by atoms with van der Waals surface area (Å²) < 4.78 is 26.5. The Kier molecular flexibility index (Phi) is 4.25. The van der Waals surface area contributed by atoms with Gasteiger partial charge in [0, 0.05) is 6.04 Å². The van der Waals surface area contributed by atoms with Crippen molar-refractivity contribution < 1.29 is 18.3 Å². The first-order valence-electron chi connectivity index (χ1n) is 5.27. The van der Waals surface area contributed by atoms with Crippen molar-refractivity contribution >= 4 is 39.1 Å². The van der Waals surface area contributed by atoms with E-state index in [1.165, 1.54) is 5.51 Å². The largest absolute Gasteiger partial charge is 0.476 e. The maximum Gasteiger partial charge on any atom is 0.356 e. The molecule has 0 radical (unpaired) electrons. The van der Waals surface area contributed by atoms with Crippen LogP contribution in [0.4, 0.5) is 0 Å². The van der Waals surface area contributed by atoms with E-state index in [-0.39, 0.29) is 10.3 Å². The van der Waals surface area contributed by atoms with Crippen LogP contribution in [0.15, 0.2) is 9.72 Å². The van der Waals surface area contributed by atoms with Crippen molar-refractivity contribution in [2.45, 2.75) is 23.1 Å². The molecule has 1 aliphatic heterocycles. The van der Waals surface area contributed by atoms with Crippen LogP contribution in [-0.2, 0) is 10.0 Å². The summed E-state index contributed by atoms with van der Waals surface area (Å²) in [5.41, 5.74) is 0.826. The third-order valence-electron chi connectivity index (χ3n) is 2.52. The van der Waals surface area contributed by atoms with Gasteiger partial charge >= 0.3 is 5.97 Å². The van der Waals surface area contributed by atoms with Crippen LogP contribution in [0.1, 0.15) is 23.3 Å². The van der Waals surface area contributed by atoms with E-state index in [4.69, 9.17) is 5.11 Å². The Morgan fingerprint density at radius 3 is 2.72 bits per heavy atom. The van der Waals surface area contributed by atoms with Crippen molar-refractivity contribution in [1.29, 1.82) is 0 Å². The van der Waals surface area contributed by atoms with Gasteiger partial charge in [0.15, 0.2) is 9.90 Å². The van der Waals surface area contributed by atoms with Crippen LogP contribution in [0.5, 0.6) is 0 Å². The molecule has 18 heavy (non-hydrogen) atoms. The van der Waals surface area contributed by atoms with Gasteiger partial charge in [-0.2, -0.15) is 11.8 Å². The molecule has 0 atom stereocenters. The van der Waals surface area contributed by atoms with E-state index in [2.05, 4.69) is 9.71 Å². The maximum absolute atomic E-state index is 12.1. The lowest BCUT2D eigenvalue weighted by molar-refractivity contribution is 0.0687. The second kappa shape index (κ2) is 5.55. The molecule has 2 rings (SSSR count). The summed E-state index contributed by atoms with van der Waals surface area (Å²) in [5.74, 6) is 0.513. The molecule has 6 nitrogen and oxygen atoms in total. The number of hydrogen-bond acceptors (Lipinski definition) is 6. The van der Waals surface area contributed by atoms with Crippen LogP contribution in [0.3, 0.4) is 0 Å². The van der Waals surface area contributed by atoms with Gasteiger partial charge in [0.25, 0.3) is 10.0 Å². The first-order valence-corrected chi connectivity index (χ1v) is 8.79. The summed E-state index contributed by atoms with van der Waals surface area (Å²) in [7, 11) is -3.78. The summed E-state index contributed by atoms with van der Waals surface area (Å²) in [6.45, 7) is 0. The monoisotopic (exact) mass is 308 g/mol. The lowest BCUT2D eigenvalue weighted by Gasteiger charge is -2.21. The molecule has 1 aromatic heterocycles. The minimum Gasteiger partial charge on any atom is -0.476 e. The van der Waals surface area contributed by atoms with E-state index >= 15 is 0 Å². The van der Waals surface area contributed by atoms with Gasteiger partial charge in [-0.25, -0.2) is 22.9 Å². The Balaban J connectivity index is 2.19. The Hall–Kier alpha value is -0.640. The average molecular weight is 308 g/mol. The Morgan fingerprint density at radius 2 is 2.11 bits per heavy atom. The van der Waals surface area contributed by atoms with Crippen molar-refractivity contribution in [1.82, 2.24) is 9.71 Å². The average Bonchev–Trinajstić information content (AvgIpc) is 2.79. The van der Waals surface area contributed by atoms with Gasteiger partial charge < -0.3 is 5.11 Å². The molecule has 100 valence electrons. The van der Waals surface area contributed by atoms with Gasteiger partial charge in [-0.1, -0.05) is 0 Å². The number of aromatic nitrogens is 1. The molecule has 9 heteroatoms. The predicted octanol–water partition coefficient (Wildman–Crippen LogP) is 1.02. The number of aromatic carboxylic acids is 1. The zero-order chi connectivity index (χ0) is 13.2. The number of sulfonamides is 1. The number of hydrogen-bond donors (Lipinski definition) is 2. The van der Waals surface area contributed by atoms with E-state index in [1.54, 1.807) is 11.8 Å². The standard InChI is InChI=1S/C9H12N2O4S3/c12-8(13)7-9(17-5-10-7)18(14,15)11-6-1-3-16-4-2-6/h5-6,11H,1-4H2,(H,12,13). The number of carboxylic acids is 1. The van der Waals surface area contributed by atoms with Gasteiger partial charge in [-0.3, -0.25) is 0 Å². The number of nitrogens with one attached hydrogen (secondary N) is 1. The summed E-state index contributed by atoms with van der Waals surface area (Å²) in [6.07, 6.45) is 1.54. The highest BCUT2D eigenvalue weighted by atomic mass is 32.2. The molecule has 0 saturated carbocycles. The number of rotatable bonds is 4. The molecule has 0 aromatic carbocycles. The lowest BCUT2D eigenvalue weighted by atomic mass is 10.2. The summed E-state index contributed by atoms with van der Waals surface area (Å²) in [4.78, 5) is 14.4. The van der Waals surface area contributed by atoms with Crippen LogP contribution in [0.2, 0.25) is 0 Å². The van der Waals surface area contributed by atoms with E-state index in [0.717, 1.165) is 35.7 Å². The molecule has 1 aromatic rings. The van der Waals surface area contributed by atoms with E-state index in [9.17, 15) is 13.2 Å². The molecule has 2 N–H and O–H groups in total. The highest BCUT2D eigenvalue weighted by Crippen LogP contribution is 2.23. The molecule has 0 aliphatic carbocycles. The molecule has 2 heterocycles. The van der Waals surface area contributed by atoms with Crippen LogP contribution >= 0.6 is 23.1 Å². The fourth-order valence-electron chi connectivity index (χ4n) is 1.66. The fraction of sp³-hybridized carbons (Fsp3) is 0.556. The molecular formula is C9H12N2O4S3. The second-order valence-corrected chi connectivity index (χ2v) is 7.79. The first-order chi connectivity index (χ1) is 8.50. The smallest absolute Gasteiger partial charge is 0.356 e. The molecule has 0 amide bonds. The van der Waals surface area contributed by atoms with Crippen LogP contribution < -0.4 is 4.72 Å². The van der Waals surface area contributed by atoms with Crippen molar-refractivity contribution in [2.75, 3.05) is 11.5 Å². The molecule has 1 saturated heterocycles. The Morgan fingerprint density at radius 1 is 1.44 bits per heavy atom. The summed E-state index contributed by atoms with van der Waals surface area (Å²) in [5, 5.41) is 8.87. The minimum atomic E-state index is -3.78. The molecular weight excluding hydrogens is 296 g/mol. The Bertz CT molecular complexity index is 534. The number of thioether (sulfide) groups is 1. The minimum absolute atomic E-state index is 0.111. The van der Waals surface area contributed by atoms with Crippen molar-refractivity contribution in [2.24, 2.45) is 0 Å². The second-order valence-electron chi connectivity index (χ2n) is 3.80. The molecule has 0 bridgehead atoms. The lowest BCUT2D eigenvalue weighted by Crippen LogP contribution is -2.37. The van der Waals surface area contributed by atoms with Crippen molar-refractivity contribution in [3.05, 3.63) is 11.2 Å². The summed E-state index contributed by atoms with van der Waals surface area (Å²) in [6, 6.07) is -0.111. The number of thiazole rings is 1. The van der Waals surface area contributed by atoms with E-state index in [1.807, 2.05) is 0 Å². The van der Waals surface area contributed by atoms with Gasteiger partial charge in [0.1, 0.15) is 0 Å². The number of carboxylic acid groups (broad SMARTS) is 1. The van der Waals surface area contributed by atoms with Crippen molar-refractivity contribution in [3.8, 4) is 0 Å². The molecule has 0 spiro atoms. The predicted molar refractivity (Wildman–Crippen MR) is 69.7 cm³/mol. The topological polar surface area (TPSA) is 96.4 Å². The van der Waals surface area contributed by atoms with Gasteiger partial charge in [-0.15, -0.1) is 11.3 Å². The number of nitrogens with zero attached hydrogens (tertiary/aromatic N) is 1. The van der Waals surface area contributed by atoms with E-state index in [0.29, 0.717) is 0 Å². The third kappa shape index (κ3) is 3.02. The van der Waals surface area contributed by atoms with Crippen LogP contribution in [-0.4, -0.2) is 42.0 Å². The van der Waals surface area contributed by atoms with Crippen LogP contribution in [0.25, 0.3) is 0 Å². The maximum atomic E-state index is 12.1. The zero-order valence-corrected chi connectivity index (χ0v) is 11.8. The third-order valence-corrected chi connectivity index (χ3v) is 6.46. The van der Waals surface area contributed by atoms with Gasteiger partial charge in [0.2, 0.25) is 0 Å². The van der Waals surface area contributed by atoms with Gasteiger partial charge in [-0.05, 0) is 24.3 Å². The first kappa shape index (κ1) is 13.8. The van der Waals surface area contributed by atoms with Gasteiger partial charge in [0.05, 0.1) is 5.51 Å². The van der Waals surface area contributed by atoms with E-state index < -0.39 is 21.7 Å². The van der Waals surface area contributed by atoms with Crippen LogP contribution in [0, 0.1) is 0 Å². The normalized spacial score (nSPS) is 17.8. The highest BCUT2D eigenvalue weighted by molar-refractivity contribution is 7.99. The molecule has 1 aliphatic rings. The zero-order valence-electron chi connectivity index (χ0n) is 9.33. The summed E-state index contributed by atoms with van der Waals surface area (Å²) >= 11 is 2.62. The molecule has 0 unspecified atom stereocenters.